The van der Waals surface area contributed by atoms with Gasteiger partial charge in [0.2, 0.25) is 0 Å². The van der Waals surface area contributed by atoms with Crippen molar-refractivity contribution in [2.75, 3.05) is 26.2 Å². The fraction of sp³-hybridized carbons (Fsp3) is 0.625. The highest BCUT2D eigenvalue weighted by Crippen LogP contribution is 2.30. The van der Waals surface area contributed by atoms with Gasteiger partial charge in [0, 0.05) is 11.1 Å². The summed E-state index contributed by atoms with van der Waals surface area (Å²) in [7, 11) is 0. The number of benzene rings is 1. The van der Waals surface area contributed by atoms with E-state index in [1.54, 1.807) is 0 Å². The quantitative estimate of drug-likeness (QED) is 0.338. The smallest absolute Gasteiger partial charge is 0.0433 e. The maximum atomic E-state index is 6.49. The third kappa shape index (κ3) is 4.49. The molecule has 0 amide bonds. The van der Waals surface area contributed by atoms with E-state index in [2.05, 4.69) is 0 Å². The minimum Gasteiger partial charge on any atom is -0.330 e. The third-order valence-corrected chi connectivity index (χ3v) is 4.40. The predicted octanol–water partition coefficient (Wildman–Crippen LogP) is -0.610. The van der Waals surface area contributed by atoms with E-state index >= 15 is 0 Å². The highest BCUT2D eigenvalue weighted by Gasteiger charge is 2.28. The first-order valence-corrected chi connectivity index (χ1v) is 7.95. The molecule has 0 saturated carbocycles. The zero-order valence-corrected chi connectivity index (χ0v) is 13.4. The Balaban J connectivity index is 3.06. The molecule has 126 valence electrons. The molecule has 0 aliphatic carbocycles. The van der Waals surface area contributed by atoms with Crippen molar-refractivity contribution >= 4 is 0 Å². The molecule has 0 unspecified atom stereocenters. The van der Waals surface area contributed by atoms with Crippen LogP contribution >= 0.6 is 0 Å². The van der Waals surface area contributed by atoms with E-state index in [9.17, 15) is 0 Å². The average molecular weight is 308 g/mol. The monoisotopic (exact) mass is 308 g/mol. The summed E-state index contributed by atoms with van der Waals surface area (Å²) >= 11 is 0. The summed E-state index contributed by atoms with van der Waals surface area (Å²) < 4.78 is 0. The Morgan fingerprint density at radius 1 is 0.545 bits per heavy atom. The van der Waals surface area contributed by atoms with Gasteiger partial charge in [-0.2, -0.15) is 0 Å². The highest BCUT2D eigenvalue weighted by atomic mass is 14.8. The summed E-state index contributed by atoms with van der Waals surface area (Å²) in [5.41, 5.74) is 36.8. The molecule has 0 saturated heterocycles. The van der Waals surface area contributed by atoms with Crippen LogP contribution in [0.1, 0.15) is 36.8 Å². The summed E-state index contributed by atoms with van der Waals surface area (Å²) in [6, 6.07) is 8.09. The van der Waals surface area contributed by atoms with Gasteiger partial charge in [0.25, 0.3) is 0 Å². The lowest BCUT2D eigenvalue weighted by Gasteiger charge is -2.32. The van der Waals surface area contributed by atoms with Gasteiger partial charge in [0.15, 0.2) is 0 Å². The van der Waals surface area contributed by atoms with Gasteiger partial charge < -0.3 is 34.4 Å². The van der Waals surface area contributed by atoms with Crippen LogP contribution in [0.15, 0.2) is 24.3 Å². The minimum atomic E-state index is -0.485. The van der Waals surface area contributed by atoms with Gasteiger partial charge in [-0.3, -0.25) is 0 Å². The van der Waals surface area contributed by atoms with Crippen molar-refractivity contribution in [3.63, 3.8) is 0 Å². The number of rotatable bonds is 10. The van der Waals surface area contributed by atoms with E-state index in [1.807, 2.05) is 24.3 Å². The molecule has 1 aromatic carbocycles. The molecule has 6 heteroatoms. The van der Waals surface area contributed by atoms with Crippen LogP contribution in [-0.4, -0.2) is 26.2 Å². The Morgan fingerprint density at radius 2 is 0.773 bits per heavy atom. The lowest BCUT2D eigenvalue weighted by atomic mass is 9.80. The normalized spacial score (nSPS) is 12.6. The fourth-order valence-corrected chi connectivity index (χ4v) is 2.99. The first kappa shape index (κ1) is 19.0. The molecule has 0 spiro atoms. The molecular formula is C16H32N6. The molecule has 6 nitrogen and oxygen atoms in total. The van der Waals surface area contributed by atoms with Gasteiger partial charge >= 0.3 is 0 Å². The molecule has 0 fully saturated rings. The number of hydrogen-bond acceptors (Lipinski definition) is 6. The van der Waals surface area contributed by atoms with Crippen LogP contribution in [0.2, 0.25) is 0 Å². The first-order valence-electron chi connectivity index (χ1n) is 7.95. The first-order chi connectivity index (χ1) is 10.5. The van der Waals surface area contributed by atoms with Gasteiger partial charge in [0.05, 0.1) is 0 Å². The second kappa shape index (κ2) is 8.57. The topological polar surface area (TPSA) is 156 Å². The van der Waals surface area contributed by atoms with Crippen molar-refractivity contribution in [3.05, 3.63) is 35.4 Å². The van der Waals surface area contributed by atoms with Crippen molar-refractivity contribution in [1.82, 2.24) is 0 Å². The average Bonchev–Trinajstić information content (AvgIpc) is 2.48. The Morgan fingerprint density at radius 3 is 0.955 bits per heavy atom. The van der Waals surface area contributed by atoms with E-state index in [4.69, 9.17) is 34.4 Å². The molecule has 0 aromatic heterocycles. The second-order valence-corrected chi connectivity index (χ2v) is 6.04. The fourth-order valence-electron chi connectivity index (χ4n) is 2.99. The van der Waals surface area contributed by atoms with E-state index < -0.39 is 11.1 Å². The number of hydrogen-bond donors (Lipinski definition) is 6. The Bertz CT molecular complexity index is 378. The van der Waals surface area contributed by atoms with Crippen LogP contribution in [0.3, 0.4) is 0 Å². The van der Waals surface area contributed by atoms with Crippen LogP contribution < -0.4 is 34.4 Å². The largest absolute Gasteiger partial charge is 0.330 e. The van der Waals surface area contributed by atoms with Gasteiger partial charge in [-0.15, -0.1) is 0 Å². The lowest BCUT2D eigenvalue weighted by molar-refractivity contribution is 0.381. The molecule has 0 radical (unpaired) electrons. The lowest BCUT2D eigenvalue weighted by Crippen LogP contribution is -2.42. The molecule has 0 atom stereocenters. The summed E-state index contributed by atoms with van der Waals surface area (Å²) in [6.45, 7) is 2.11. The standard InChI is InChI=1S/C16H32N6/c17-9-5-15(21,6-10-18)13-1-2-14(4-3-13)16(22,7-11-19)8-12-20/h1-4H,5-12,17-22H2. The molecule has 0 heterocycles. The van der Waals surface area contributed by atoms with Crippen LogP contribution in [0.5, 0.6) is 0 Å². The summed E-state index contributed by atoms with van der Waals surface area (Å²) in [5.74, 6) is 0. The van der Waals surface area contributed by atoms with Crippen molar-refractivity contribution in [3.8, 4) is 0 Å². The van der Waals surface area contributed by atoms with E-state index in [0.717, 1.165) is 11.1 Å². The Hall–Kier alpha value is -1.02. The van der Waals surface area contributed by atoms with Crippen LogP contribution in [-0.2, 0) is 11.1 Å². The van der Waals surface area contributed by atoms with E-state index in [1.165, 1.54) is 0 Å². The SMILES string of the molecule is NCCC(N)(CCN)c1ccc(C(N)(CCN)CCN)cc1. The third-order valence-electron chi connectivity index (χ3n) is 4.40. The van der Waals surface area contributed by atoms with Gasteiger partial charge in [-0.05, 0) is 63.0 Å². The summed E-state index contributed by atoms with van der Waals surface area (Å²) in [6.07, 6.45) is 2.79. The molecule has 1 aromatic rings. The van der Waals surface area contributed by atoms with Crippen LogP contribution in [0.4, 0.5) is 0 Å². The molecule has 1 rings (SSSR count). The van der Waals surface area contributed by atoms with E-state index in [0.29, 0.717) is 51.9 Å². The molecule has 0 bridgehead atoms. The van der Waals surface area contributed by atoms with Crippen LogP contribution in [0.25, 0.3) is 0 Å². The van der Waals surface area contributed by atoms with Gasteiger partial charge in [0.1, 0.15) is 0 Å². The van der Waals surface area contributed by atoms with Crippen molar-refractivity contribution in [2.24, 2.45) is 34.4 Å². The molecular weight excluding hydrogens is 276 g/mol. The summed E-state index contributed by atoms with van der Waals surface area (Å²) in [4.78, 5) is 0. The predicted molar refractivity (Wildman–Crippen MR) is 92.9 cm³/mol. The van der Waals surface area contributed by atoms with Gasteiger partial charge in [-0.25, -0.2) is 0 Å². The number of nitrogens with two attached hydrogens (primary N) is 6. The Labute approximate surface area is 133 Å². The van der Waals surface area contributed by atoms with Crippen molar-refractivity contribution in [1.29, 1.82) is 0 Å². The molecule has 0 aliphatic rings. The molecule has 0 aliphatic heterocycles. The highest BCUT2D eigenvalue weighted by molar-refractivity contribution is 5.32. The molecule has 12 N–H and O–H groups in total. The maximum Gasteiger partial charge on any atom is 0.0433 e. The molecule has 22 heavy (non-hydrogen) atoms. The van der Waals surface area contributed by atoms with E-state index in [-0.39, 0.29) is 0 Å². The van der Waals surface area contributed by atoms with Gasteiger partial charge in [-0.1, -0.05) is 24.3 Å². The summed E-state index contributed by atoms with van der Waals surface area (Å²) in [5, 5.41) is 0. The van der Waals surface area contributed by atoms with Crippen molar-refractivity contribution < 1.29 is 0 Å². The second-order valence-electron chi connectivity index (χ2n) is 6.04. The van der Waals surface area contributed by atoms with Crippen molar-refractivity contribution in [2.45, 2.75) is 36.8 Å². The Kier molecular flexibility index (Phi) is 7.41. The zero-order chi connectivity index (χ0) is 16.6. The van der Waals surface area contributed by atoms with Crippen LogP contribution in [0, 0.1) is 0 Å². The zero-order valence-electron chi connectivity index (χ0n) is 13.4. The maximum absolute atomic E-state index is 6.49. The minimum absolute atomic E-state index is 0.485.